The van der Waals surface area contributed by atoms with Crippen LogP contribution in [-0.4, -0.2) is 25.6 Å². The number of thioether (sulfide) groups is 1. The number of benzene rings is 2. The van der Waals surface area contributed by atoms with E-state index in [1.54, 1.807) is 26.0 Å². The fourth-order valence-electron chi connectivity index (χ4n) is 2.67. The highest BCUT2D eigenvalue weighted by atomic mass is 32.2. The zero-order valence-corrected chi connectivity index (χ0v) is 14.9. The molecule has 23 heavy (non-hydrogen) atoms. The Hall–Kier alpha value is -1.65. The van der Waals surface area contributed by atoms with E-state index in [0.717, 1.165) is 27.5 Å². The van der Waals surface area contributed by atoms with Gasteiger partial charge in [0.1, 0.15) is 11.5 Å². The highest BCUT2D eigenvalue weighted by molar-refractivity contribution is 7.98. The molecule has 0 aromatic heterocycles. The van der Waals surface area contributed by atoms with Crippen molar-refractivity contribution < 1.29 is 14.6 Å². The maximum atomic E-state index is 11.3. The van der Waals surface area contributed by atoms with Gasteiger partial charge in [-0.15, -0.1) is 11.8 Å². The van der Waals surface area contributed by atoms with E-state index in [1.165, 1.54) is 0 Å². The molecule has 0 radical (unpaired) electrons. The number of rotatable bonds is 7. The van der Waals surface area contributed by atoms with Crippen LogP contribution in [0.3, 0.4) is 0 Å². The van der Waals surface area contributed by atoms with Crippen molar-refractivity contribution in [2.75, 3.05) is 20.5 Å². The third-order valence-corrected chi connectivity index (χ3v) is 4.94. The molecule has 0 heterocycles. The number of hydrogen-bond acceptors (Lipinski definition) is 4. The quantitative estimate of drug-likeness (QED) is 0.769. The topological polar surface area (TPSA) is 38.7 Å². The normalized spacial score (nSPS) is 13.4. The van der Waals surface area contributed by atoms with Crippen molar-refractivity contribution in [3.63, 3.8) is 0 Å². The summed E-state index contributed by atoms with van der Waals surface area (Å²) >= 11 is 1.64. The lowest BCUT2D eigenvalue weighted by Crippen LogP contribution is -2.28. The summed E-state index contributed by atoms with van der Waals surface area (Å²) < 4.78 is 10.5. The molecule has 0 aliphatic rings. The Kier molecular flexibility index (Phi) is 5.97. The van der Waals surface area contributed by atoms with Gasteiger partial charge in [0.15, 0.2) is 0 Å². The molecule has 0 amide bonds. The molecule has 0 saturated carbocycles. The minimum absolute atomic E-state index is 0.550. The number of methoxy groups -OCH3 is 2. The summed E-state index contributed by atoms with van der Waals surface area (Å²) in [5.74, 6) is 1.58. The van der Waals surface area contributed by atoms with E-state index in [0.29, 0.717) is 12.8 Å². The Bertz CT molecular complexity index is 640. The predicted octanol–water partition coefficient (Wildman–Crippen LogP) is 4.27. The van der Waals surface area contributed by atoms with Gasteiger partial charge in [-0.1, -0.05) is 19.1 Å². The van der Waals surface area contributed by atoms with E-state index in [4.69, 9.17) is 9.47 Å². The molecule has 0 bridgehead atoms. The van der Waals surface area contributed by atoms with Gasteiger partial charge in [-0.25, -0.2) is 0 Å². The van der Waals surface area contributed by atoms with Gasteiger partial charge in [-0.2, -0.15) is 0 Å². The Morgan fingerprint density at radius 1 is 1.00 bits per heavy atom. The summed E-state index contributed by atoms with van der Waals surface area (Å²) in [5, 5.41) is 11.3. The fraction of sp³-hybridized carbons (Fsp3) is 0.368. The van der Waals surface area contributed by atoms with Crippen molar-refractivity contribution in [1.29, 1.82) is 0 Å². The number of aliphatic hydroxyl groups is 1. The van der Waals surface area contributed by atoms with Crippen molar-refractivity contribution in [3.8, 4) is 11.5 Å². The molecule has 1 atom stereocenters. The lowest BCUT2D eigenvalue weighted by molar-refractivity contribution is 0.0298. The first-order valence-electron chi connectivity index (χ1n) is 7.64. The largest absolute Gasteiger partial charge is 0.497 e. The van der Waals surface area contributed by atoms with Crippen LogP contribution in [0, 0.1) is 0 Å². The van der Waals surface area contributed by atoms with Crippen LogP contribution in [0.1, 0.15) is 24.5 Å². The number of ether oxygens (including phenoxy) is 2. The third kappa shape index (κ3) is 4.01. The van der Waals surface area contributed by atoms with Crippen LogP contribution in [0.5, 0.6) is 11.5 Å². The van der Waals surface area contributed by atoms with E-state index >= 15 is 0 Å². The van der Waals surface area contributed by atoms with Gasteiger partial charge in [0, 0.05) is 16.9 Å². The predicted molar refractivity (Wildman–Crippen MR) is 95.7 cm³/mol. The van der Waals surface area contributed by atoms with Crippen molar-refractivity contribution in [2.45, 2.75) is 30.3 Å². The second-order valence-corrected chi connectivity index (χ2v) is 6.32. The lowest BCUT2D eigenvalue weighted by Gasteiger charge is -2.30. The van der Waals surface area contributed by atoms with Crippen LogP contribution < -0.4 is 9.47 Å². The van der Waals surface area contributed by atoms with E-state index in [2.05, 4.69) is 0 Å². The zero-order valence-electron chi connectivity index (χ0n) is 14.1. The highest BCUT2D eigenvalue weighted by Crippen LogP contribution is 2.37. The summed E-state index contributed by atoms with van der Waals surface area (Å²) in [7, 11) is 3.30. The molecule has 2 aromatic rings. The Morgan fingerprint density at radius 2 is 1.61 bits per heavy atom. The molecule has 124 valence electrons. The Balaban J connectivity index is 2.38. The first kappa shape index (κ1) is 17.7. The van der Waals surface area contributed by atoms with Crippen LogP contribution in [0.15, 0.2) is 47.4 Å². The molecule has 0 spiro atoms. The molecule has 0 fully saturated rings. The summed E-state index contributed by atoms with van der Waals surface area (Å²) in [6.07, 6.45) is 3.20. The van der Waals surface area contributed by atoms with Crippen molar-refractivity contribution >= 4 is 11.8 Å². The molecular weight excluding hydrogens is 308 g/mol. The van der Waals surface area contributed by atoms with Gasteiger partial charge >= 0.3 is 0 Å². The molecule has 3 nitrogen and oxygen atoms in total. The molecule has 1 N–H and O–H groups in total. The average molecular weight is 332 g/mol. The third-order valence-electron chi connectivity index (χ3n) is 4.15. The van der Waals surface area contributed by atoms with Crippen LogP contribution in [0.2, 0.25) is 0 Å². The summed E-state index contributed by atoms with van der Waals surface area (Å²) in [6, 6.07) is 13.7. The maximum absolute atomic E-state index is 11.3. The van der Waals surface area contributed by atoms with Gasteiger partial charge < -0.3 is 14.6 Å². The molecule has 2 rings (SSSR count). The molecule has 1 unspecified atom stereocenters. The maximum Gasteiger partial charge on any atom is 0.119 e. The van der Waals surface area contributed by atoms with Crippen LogP contribution in [-0.2, 0) is 12.0 Å². The lowest BCUT2D eigenvalue weighted by atomic mass is 9.85. The first-order chi connectivity index (χ1) is 11.1. The van der Waals surface area contributed by atoms with Gasteiger partial charge in [0.25, 0.3) is 0 Å². The van der Waals surface area contributed by atoms with E-state index in [-0.39, 0.29) is 0 Å². The van der Waals surface area contributed by atoms with Crippen molar-refractivity contribution in [3.05, 3.63) is 53.6 Å². The average Bonchev–Trinajstić information content (AvgIpc) is 2.61. The Morgan fingerprint density at radius 3 is 2.13 bits per heavy atom. The van der Waals surface area contributed by atoms with Gasteiger partial charge in [-0.05, 0) is 48.6 Å². The molecular formula is C19H24O3S. The second-order valence-electron chi connectivity index (χ2n) is 5.48. The SMILES string of the molecule is CCC(O)(Cc1ccc(OC)cc1)c1cc(OC)ccc1SC. The van der Waals surface area contributed by atoms with Crippen molar-refractivity contribution in [2.24, 2.45) is 0 Å². The standard InChI is InChI=1S/C19H24O3S/c1-5-19(20,13-14-6-8-15(21-2)9-7-14)17-12-16(22-3)10-11-18(17)23-4/h6-12,20H,5,13H2,1-4H3. The summed E-state index contributed by atoms with van der Waals surface area (Å²) in [4.78, 5) is 1.07. The van der Waals surface area contributed by atoms with Crippen LogP contribution in [0.25, 0.3) is 0 Å². The molecule has 0 aliphatic carbocycles. The zero-order chi connectivity index (χ0) is 16.9. The monoisotopic (exact) mass is 332 g/mol. The molecule has 0 saturated heterocycles. The van der Waals surface area contributed by atoms with E-state index in [9.17, 15) is 5.11 Å². The van der Waals surface area contributed by atoms with Gasteiger partial charge in [0.2, 0.25) is 0 Å². The van der Waals surface area contributed by atoms with E-state index < -0.39 is 5.60 Å². The first-order valence-corrected chi connectivity index (χ1v) is 8.86. The fourth-order valence-corrected chi connectivity index (χ4v) is 3.34. The molecule has 4 heteroatoms. The molecule has 2 aromatic carbocycles. The minimum Gasteiger partial charge on any atom is -0.497 e. The summed E-state index contributed by atoms with van der Waals surface area (Å²) in [5.41, 5.74) is 1.06. The van der Waals surface area contributed by atoms with Crippen LogP contribution >= 0.6 is 11.8 Å². The Labute approximate surface area is 142 Å². The number of hydrogen-bond donors (Lipinski definition) is 1. The highest BCUT2D eigenvalue weighted by Gasteiger charge is 2.30. The summed E-state index contributed by atoms with van der Waals surface area (Å²) in [6.45, 7) is 2.01. The molecule has 0 aliphatic heterocycles. The van der Waals surface area contributed by atoms with Crippen molar-refractivity contribution in [1.82, 2.24) is 0 Å². The smallest absolute Gasteiger partial charge is 0.119 e. The second kappa shape index (κ2) is 7.75. The van der Waals surface area contributed by atoms with Crippen LogP contribution in [0.4, 0.5) is 0 Å². The van der Waals surface area contributed by atoms with Gasteiger partial charge in [0.05, 0.1) is 19.8 Å². The minimum atomic E-state index is -0.929. The van der Waals surface area contributed by atoms with E-state index in [1.807, 2.05) is 55.6 Å². The van der Waals surface area contributed by atoms with Gasteiger partial charge in [-0.3, -0.25) is 0 Å².